The third-order valence-corrected chi connectivity index (χ3v) is 3.72. The molecule has 120 valence electrons. The Labute approximate surface area is 130 Å². The number of nitrogens with one attached hydrogen (secondary N) is 2. The molecule has 1 aliphatic rings. The Balaban J connectivity index is 1.98. The number of hydrogen-bond acceptors (Lipinski definition) is 3. The van der Waals surface area contributed by atoms with E-state index in [1.165, 1.54) is 0 Å². The number of carbonyl (C=O) groups excluding carboxylic acids is 2. The molecule has 0 bridgehead atoms. The molecule has 0 unspecified atom stereocenters. The van der Waals surface area contributed by atoms with Crippen LogP contribution in [0.3, 0.4) is 0 Å². The number of anilines is 1. The van der Waals surface area contributed by atoms with E-state index >= 15 is 0 Å². The first-order valence-electron chi connectivity index (χ1n) is 7.63. The molecule has 0 aromatic heterocycles. The second kappa shape index (κ2) is 7.79. The SMILES string of the molecule is CCN(C[C@@H]1CCCO1)C(=O)Nc1cccc(C(=O)NC)c1. The number of ether oxygens (including phenoxy) is 1. The standard InChI is InChI=1S/C16H23N3O3/c1-3-19(11-14-8-5-9-22-14)16(21)18-13-7-4-6-12(10-13)15(20)17-2/h4,6-7,10,14H,3,5,8-9,11H2,1-2H3,(H,17,20)(H,18,21)/t14-/m0/s1. The first-order valence-corrected chi connectivity index (χ1v) is 7.63. The van der Waals surface area contributed by atoms with E-state index < -0.39 is 0 Å². The predicted octanol–water partition coefficient (Wildman–Crippen LogP) is 2.08. The van der Waals surface area contributed by atoms with Gasteiger partial charge in [0.25, 0.3) is 5.91 Å². The van der Waals surface area contributed by atoms with Crippen LogP contribution in [0.25, 0.3) is 0 Å². The summed E-state index contributed by atoms with van der Waals surface area (Å²) in [6, 6.07) is 6.71. The van der Waals surface area contributed by atoms with Gasteiger partial charge in [0, 0.05) is 38.0 Å². The molecule has 1 aromatic rings. The molecular formula is C16H23N3O3. The van der Waals surface area contributed by atoms with Gasteiger partial charge in [0.05, 0.1) is 6.10 Å². The topological polar surface area (TPSA) is 70.7 Å². The summed E-state index contributed by atoms with van der Waals surface area (Å²) in [4.78, 5) is 25.7. The molecule has 0 spiro atoms. The zero-order valence-corrected chi connectivity index (χ0v) is 13.1. The Morgan fingerprint density at radius 2 is 2.23 bits per heavy atom. The monoisotopic (exact) mass is 305 g/mol. The van der Waals surface area contributed by atoms with E-state index in [2.05, 4.69) is 10.6 Å². The molecule has 1 aliphatic heterocycles. The summed E-state index contributed by atoms with van der Waals surface area (Å²) in [5.41, 5.74) is 1.12. The Morgan fingerprint density at radius 1 is 1.41 bits per heavy atom. The molecule has 0 aliphatic carbocycles. The minimum atomic E-state index is -0.178. The number of carbonyl (C=O) groups is 2. The summed E-state index contributed by atoms with van der Waals surface area (Å²) >= 11 is 0. The Bertz CT molecular complexity index is 527. The highest BCUT2D eigenvalue weighted by Crippen LogP contribution is 2.15. The van der Waals surface area contributed by atoms with Crippen LogP contribution in [0.5, 0.6) is 0 Å². The molecule has 6 nitrogen and oxygen atoms in total. The van der Waals surface area contributed by atoms with E-state index in [0.29, 0.717) is 24.3 Å². The maximum Gasteiger partial charge on any atom is 0.321 e. The van der Waals surface area contributed by atoms with E-state index in [0.717, 1.165) is 19.4 Å². The maximum absolute atomic E-state index is 12.3. The largest absolute Gasteiger partial charge is 0.376 e. The summed E-state index contributed by atoms with van der Waals surface area (Å²) in [5.74, 6) is -0.178. The average molecular weight is 305 g/mol. The van der Waals surface area contributed by atoms with Gasteiger partial charge < -0.3 is 20.3 Å². The van der Waals surface area contributed by atoms with Gasteiger partial charge in [-0.05, 0) is 38.0 Å². The third-order valence-electron chi connectivity index (χ3n) is 3.72. The van der Waals surface area contributed by atoms with Crippen LogP contribution < -0.4 is 10.6 Å². The van der Waals surface area contributed by atoms with Crippen molar-refractivity contribution in [1.82, 2.24) is 10.2 Å². The highest BCUT2D eigenvalue weighted by Gasteiger charge is 2.21. The second-order valence-corrected chi connectivity index (χ2v) is 5.26. The van der Waals surface area contributed by atoms with Crippen LogP contribution in [-0.4, -0.2) is 49.7 Å². The lowest BCUT2D eigenvalue weighted by molar-refractivity contribution is 0.0849. The van der Waals surface area contributed by atoms with E-state index in [1.54, 1.807) is 36.2 Å². The van der Waals surface area contributed by atoms with E-state index in [9.17, 15) is 9.59 Å². The lowest BCUT2D eigenvalue weighted by Gasteiger charge is -2.24. The fourth-order valence-corrected chi connectivity index (χ4v) is 2.47. The number of urea groups is 1. The van der Waals surface area contributed by atoms with Crippen molar-refractivity contribution in [3.8, 4) is 0 Å². The quantitative estimate of drug-likeness (QED) is 0.875. The highest BCUT2D eigenvalue weighted by molar-refractivity contribution is 5.96. The van der Waals surface area contributed by atoms with Crippen molar-refractivity contribution in [1.29, 1.82) is 0 Å². The Morgan fingerprint density at radius 3 is 2.86 bits per heavy atom. The molecule has 1 aromatic carbocycles. The van der Waals surface area contributed by atoms with E-state index in [1.807, 2.05) is 6.92 Å². The fourth-order valence-electron chi connectivity index (χ4n) is 2.47. The number of benzene rings is 1. The van der Waals surface area contributed by atoms with Gasteiger partial charge in [0.2, 0.25) is 0 Å². The van der Waals surface area contributed by atoms with E-state index in [-0.39, 0.29) is 18.0 Å². The van der Waals surface area contributed by atoms with Crippen LogP contribution in [0.2, 0.25) is 0 Å². The normalized spacial score (nSPS) is 17.1. The summed E-state index contributed by atoms with van der Waals surface area (Å²) in [5, 5.41) is 5.40. The van der Waals surface area contributed by atoms with Gasteiger partial charge in [-0.25, -0.2) is 4.79 Å². The predicted molar refractivity (Wildman–Crippen MR) is 85.1 cm³/mol. The van der Waals surface area contributed by atoms with Crippen molar-refractivity contribution in [2.24, 2.45) is 0 Å². The minimum absolute atomic E-state index is 0.128. The van der Waals surface area contributed by atoms with Crippen molar-refractivity contribution in [3.05, 3.63) is 29.8 Å². The molecule has 22 heavy (non-hydrogen) atoms. The van der Waals surface area contributed by atoms with Gasteiger partial charge in [-0.15, -0.1) is 0 Å². The van der Waals surface area contributed by atoms with Crippen molar-refractivity contribution >= 4 is 17.6 Å². The molecule has 6 heteroatoms. The zero-order chi connectivity index (χ0) is 15.9. The number of amides is 3. The van der Waals surface area contributed by atoms with Crippen LogP contribution >= 0.6 is 0 Å². The van der Waals surface area contributed by atoms with Crippen molar-refractivity contribution in [3.63, 3.8) is 0 Å². The molecule has 1 atom stereocenters. The van der Waals surface area contributed by atoms with Crippen LogP contribution in [-0.2, 0) is 4.74 Å². The average Bonchev–Trinajstić information content (AvgIpc) is 3.05. The summed E-state index contributed by atoms with van der Waals surface area (Å²) < 4.78 is 5.58. The summed E-state index contributed by atoms with van der Waals surface area (Å²) in [6.45, 7) is 3.92. The smallest absolute Gasteiger partial charge is 0.321 e. The summed E-state index contributed by atoms with van der Waals surface area (Å²) in [6.07, 6.45) is 2.18. The zero-order valence-electron chi connectivity index (χ0n) is 13.1. The Kier molecular flexibility index (Phi) is 5.77. The van der Waals surface area contributed by atoms with Crippen LogP contribution in [0.1, 0.15) is 30.1 Å². The van der Waals surface area contributed by atoms with Crippen LogP contribution in [0.4, 0.5) is 10.5 Å². The summed E-state index contributed by atoms with van der Waals surface area (Å²) in [7, 11) is 1.58. The lowest BCUT2D eigenvalue weighted by Crippen LogP contribution is -2.40. The number of likely N-dealkylation sites (N-methyl/N-ethyl adjacent to an activating group) is 1. The molecule has 3 amide bonds. The van der Waals surface area contributed by atoms with Gasteiger partial charge in [0.15, 0.2) is 0 Å². The number of nitrogens with zero attached hydrogens (tertiary/aromatic N) is 1. The fraction of sp³-hybridized carbons (Fsp3) is 0.500. The maximum atomic E-state index is 12.3. The number of rotatable bonds is 5. The Hall–Kier alpha value is -2.08. The van der Waals surface area contributed by atoms with Crippen LogP contribution in [0.15, 0.2) is 24.3 Å². The molecule has 1 heterocycles. The molecule has 1 fully saturated rings. The lowest BCUT2D eigenvalue weighted by atomic mass is 10.2. The first-order chi connectivity index (χ1) is 10.6. The molecule has 0 saturated carbocycles. The first kappa shape index (κ1) is 16.3. The van der Waals surface area contributed by atoms with Crippen molar-refractivity contribution in [2.45, 2.75) is 25.9 Å². The third kappa shape index (κ3) is 4.21. The van der Waals surface area contributed by atoms with Gasteiger partial charge in [-0.1, -0.05) is 6.07 Å². The molecule has 2 N–H and O–H groups in total. The molecular weight excluding hydrogens is 282 g/mol. The van der Waals surface area contributed by atoms with Crippen LogP contribution in [0, 0.1) is 0 Å². The molecule has 2 rings (SSSR count). The highest BCUT2D eigenvalue weighted by atomic mass is 16.5. The van der Waals surface area contributed by atoms with Crippen molar-refractivity contribution in [2.75, 3.05) is 32.1 Å². The number of hydrogen-bond donors (Lipinski definition) is 2. The molecule has 0 radical (unpaired) electrons. The van der Waals surface area contributed by atoms with Gasteiger partial charge in [-0.3, -0.25) is 4.79 Å². The second-order valence-electron chi connectivity index (χ2n) is 5.26. The van der Waals surface area contributed by atoms with Gasteiger partial charge >= 0.3 is 6.03 Å². The van der Waals surface area contributed by atoms with Gasteiger partial charge in [0.1, 0.15) is 0 Å². The van der Waals surface area contributed by atoms with E-state index in [4.69, 9.17) is 4.74 Å². The van der Waals surface area contributed by atoms with Crippen molar-refractivity contribution < 1.29 is 14.3 Å². The molecule has 1 saturated heterocycles. The van der Waals surface area contributed by atoms with Gasteiger partial charge in [-0.2, -0.15) is 0 Å². The minimum Gasteiger partial charge on any atom is -0.376 e.